The van der Waals surface area contributed by atoms with Crippen molar-refractivity contribution < 1.29 is 19.1 Å². The van der Waals surface area contributed by atoms with E-state index in [2.05, 4.69) is 89.1 Å². The van der Waals surface area contributed by atoms with Gasteiger partial charge in [-0.2, -0.15) is 0 Å². The number of esters is 1. The van der Waals surface area contributed by atoms with Gasteiger partial charge in [-0.25, -0.2) is 4.79 Å². The highest BCUT2D eigenvalue weighted by Crippen LogP contribution is 1.98. The van der Waals surface area contributed by atoms with Crippen LogP contribution in [0.25, 0.3) is 0 Å². The summed E-state index contributed by atoms with van der Waals surface area (Å²) in [7, 11) is 1.25. The molecule has 0 heterocycles. The molecule has 0 aromatic heterocycles. The third kappa shape index (κ3) is 25.2. The number of rotatable bonds is 20. The molecule has 0 radical (unpaired) electrons. The first-order valence-electron chi connectivity index (χ1n) is 12.8. The van der Waals surface area contributed by atoms with E-state index in [1.807, 2.05) is 6.08 Å². The average Bonchev–Trinajstić information content (AvgIpc) is 2.88. The molecule has 0 atom stereocenters. The van der Waals surface area contributed by atoms with Crippen LogP contribution < -0.4 is 10.6 Å². The molecule has 0 aliphatic carbocycles. The van der Waals surface area contributed by atoms with Crippen molar-refractivity contribution in [2.45, 2.75) is 64.7 Å². The molecule has 198 valence electrons. The van der Waals surface area contributed by atoms with Crippen LogP contribution in [0.3, 0.4) is 0 Å². The molecule has 0 saturated carbocycles. The van der Waals surface area contributed by atoms with Gasteiger partial charge in [0.25, 0.3) is 0 Å². The fraction of sp³-hybridized carbons (Fsp3) is 0.433. The topological polar surface area (TPSA) is 84.5 Å². The van der Waals surface area contributed by atoms with Gasteiger partial charge in [-0.1, -0.05) is 79.8 Å². The molecular weight excluding hydrogens is 452 g/mol. The molecule has 6 nitrogen and oxygen atoms in total. The molecule has 0 bridgehead atoms. The van der Waals surface area contributed by atoms with E-state index in [0.717, 1.165) is 50.7 Å². The molecule has 0 saturated heterocycles. The highest BCUT2D eigenvalue weighted by Gasteiger charge is 2.00. The molecule has 0 aliphatic heterocycles. The van der Waals surface area contributed by atoms with Crippen molar-refractivity contribution in [3.63, 3.8) is 0 Å². The maximum atomic E-state index is 11.8. The van der Waals surface area contributed by atoms with Gasteiger partial charge in [0, 0.05) is 31.7 Å². The molecule has 0 aromatic carbocycles. The monoisotopic (exact) mass is 496 g/mol. The largest absolute Gasteiger partial charge is 0.466 e. The van der Waals surface area contributed by atoms with E-state index in [1.54, 1.807) is 0 Å². The molecule has 2 N–H and O–H groups in total. The highest BCUT2D eigenvalue weighted by atomic mass is 16.5. The predicted octanol–water partition coefficient (Wildman–Crippen LogP) is 5.82. The zero-order chi connectivity index (χ0) is 26.5. The summed E-state index contributed by atoms with van der Waals surface area (Å²) in [5.41, 5.74) is 0. The standard InChI is InChI=1S/C30H44N2O4/c1-3-4-5-6-7-8-9-10-11-12-13-14-15-16-17-18-19-20-21-23-28(33)31-26-22-27-32-29(34)24-25-30(35)36-2/h4-5,7-8,10-11,13-14,16-17,19-20,24-25H,3,6,9,12,15,18,21-23,26-27H2,1-2H3,(H,31,33)(H,32,34)/b5-4-,8-7-,11-10-,14-13-,17-16-,20-19-,25-24?. The van der Waals surface area contributed by atoms with Crippen LogP contribution in [0.2, 0.25) is 0 Å². The summed E-state index contributed by atoms with van der Waals surface area (Å²) in [6, 6.07) is 0. The normalized spacial score (nSPS) is 12.4. The first kappa shape index (κ1) is 32.6. The minimum Gasteiger partial charge on any atom is -0.466 e. The molecule has 2 amide bonds. The fourth-order valence-corrected chi connectivity index (χ4v) is 2.74. The SMILES string of the molecule is CC/C=C\C/C=C\C/C=C\C/C=C\C/C=C\C/C=C\CCC(=O)NCCCNC(=O)C=CC(=O)OC. The van der Waals surface area contributed by atoms with Gasteiger partial charge in [0.15, 0.2) is 0 Å². The number of hydrogen-bond donors (Lipinski definition) is 2. The van der Waals surface area contributed by atoms with Crippen LogP contribution >= 0.6 is 0 Å². The van der Waals surface area contributed by atoms with Crippen LogP contribution in [0.4, 0.5) is 0 Å². The second-order valence-electron chi connectivity index (χ2n) is 7.80. The lowest BCUT2D eigenvalue weighted by Crippen LogP contribution is -2.29. The molecule has 0 aromatic rings. The number of methoxy groups -OCH3 is 1. The molecule has 0 rings (SSSR count). The van der Waals surface area contributed by atoms with Crippen molar-refractivity contribution in [3.8, 4) is 0 Å². The van der Waals surface area contributed by atoms with Crippen molar-refractivity contribution in [3.05, 3.63) is 85.1 Å². The Morgan fingerprint density at radius 2 is 1.11 bits per heavy atom. The van der Waals surface area contributed by atoms with Gasteiger partial charge in [-0.3, -0.25) is 9.59 Å². The van der Waals surface area contributed by atoms with Crippen molar-refractivity contribution in [1.82, 2.24) is 10.6 Å². The van der Waals surface area contributed by atoms with Gasteiger partial charge < -0.3 is 15.4 Å². The smallest absolute Gasteiger partial charge is 0.330 e. The van der Waals surface area contributed by atoms with Gasteiger partial charge in [0.05, 0.1) is 7.11 Å². The molecule has 6 heteroatoms. The van der Waals surface area contributed by atoms with Gasteiger partial charge >= 0.3 is 5.97 Å². The number of nitrogens with one attached hydrogen (secondary N) is 2. The van der Waals surface area contributed by atoms with E-state index >= 15 is 0 Å². The number of amides is 2. The number of allylic oxidation sites excluding steroid dienone is 12. The first-order valence-corrected chi connectivity index (χ1v) is 12.8. The summed E-state index contributed by atoms with van der Waals surface area (Å²) in [5, 5.41) is 5.46. The summed E-state index contributed by atoms with van der Waals surface area (Å²) in [4.78, 5) is 34.1. The third-order valence-electron chi connectivity index (χ3n) is 4.68. The maximum Gasteiger partial charge on any atom is 0.330 e. The van der Waals surface area contributed by atoms with Crippen molar-refractivity contribution in [2.75, 3.05) is 20.2 Å². The second kappa shape index (κ2) is 26.2. The van der Waals surface area contributed by atoms with Gasteiger partial charge in [0.2, 0.25) is 11.8 Å². The maximum absolute atomic E-state index is 11.8. The zero-order valence-electron chi connectivity index (χ0n) is 22.0. The third-order valence-corrected chi connectivity index (χ3v) is 4.68. The van der Waals surface area contributed by atoms with Crippen LogP contribution in [-0.2, 0) is 19.1 Å². The molecule has 36 heavy (non-hydrogen) atoms. The molecule has 0 spiro atoms. The average molecular weight is 497 g/mol. The lowest BCUT2D eigenvalue weighted by molar-refractivity contribution is -0.135. The van der Waals surface area contributed by atoms with Gasteiger partial charge in [0.1, 0.15) is 0 Å². The lowest BCUT2D eigenvalue weighted by Gasteiger charge is -2.04. The van der Waals surface area contributed by atoms with E-state index < -0.39 is 5.97 Å². The minimum absolute atomic E-state index is 0.00792. The van der Waals surface area contributed by atoms with Crippen LogP contribution in [0.15, 0.2) is 85.1 Å². The quantitative estimate of drug-likeness (QED) is 0.0963. The minimum atomic E-state index is -0.579. The van der Waals surface area contributed by atoms with E-state index in [9.17, 15) is 14.4 Å². The number of hydrogen-bond acceptors (Lipinski definition) is 4. The summed E-state index contributed by atoms with van der Waals surface area (Å²) in [5.74, 6) is -0.958. The Labute approximate surface area is 217 Å². The lowest BCUT2D eigenvalue weighted by atomic mass is 10.2. The summed E-state index contributed by atoms with van der Waals surface area (Å²) in [6.45, 7) is 3.05. The van der Waals surface area contributed by atoms with Gasteiger partial charge in [-0.15, -0.1) is 0 Å². The van der Waals surface area contributed by atoms with E-state index in [-0.39, 0.29) is 11.8 Å². The first-order chi connectivity index (χ1) is 17.6. The Balaban J connectivity index is 3.63. The Bertz CT molecular complexity index is 802. The molecular formula is C30H44N2O4. The Kier molecular flexibility index (Phi) is 23.7. The highest BCUT2D eigenvalue weighted by molar-refractivity contribution is 5.94. The van der Waals surface area contributed by atoms with Crippen molar-refractivity contribution in [2.24, 2.45) is 0 Å². The van der Waals surface area contributed by atoms with Crippen LogP contribution in [0, 0.1) is 0 Å². The number of ether oxygens (including phenoxy) is 1. The fourth-order valence-electron chi connectivity index (χ4n) is 2.74. The number of carbonyl (C=O) groups is 3. The van der Waals surface area contributed by atoms with Crippen LogP contribution in [0.1, 0.15) is 64.7 Å². The Hall–Kier alpha value is -3.41. The predicted molar refractivity (Wildman–Crippen MR) is 149 cm³/mol. The summed E-state index contributed by atoms with van der Waals surface area (Å²) in [6.07, 6.45) is 35.7. The molecule has 0 fully saturated rings. The zero-order valence-corrected chi connectivity index (χ0v) is 22.0. The Morgan fingerprint density at radius 3 is 1.61 bits per heavy atom. The van der Waals surface area contributed by atoms with Crippen LogP contribution in [0.5, 0.6) is 0 Å². The molecule has 0 unspecified atom stereocenters. The van der Waals surface area contributed by atoms with E-state index in [1.165, 1.54) is 7.11 Å². The Morgan fingerprint density at radius 1 is 0.639 bits per heavy atom. The molecule has 0 aliphatic rings. The van der Waals surface area contributed by atoms with Crippen molar-refractivity contribution in [1.29, 1.82) is 0 Å². The summed E-state index contributed by atoms with van der Waals surface area (Å²) >= 11 is 0. The van der Waals surface area contributed by atoms with E-state index in [4.69, 9.17) is 0 Å². The van der Waals surface area contributed by atoms with Crippen molar-refractivity contribution >= 4 is 17.8 Å². The van der Waals surface area contributed by atoms with Crippen LogP contribution in [-0.4, -0.2) is 38.0 Å². The summed E-state index contributed by atoms with van der Waals surface area (Å²) < 4.78 is 4.40. The number of carbonyl (C=O) groups excluding carboxylic acids is 3. The van der Waals surface area contributed by atoms with E-state index in [0.29, 0.717) is 32.4 Å². The second-order valence-corrected chi connectivity index (χ2v) is 7.80. The van der Waals surface area contributed by atoms with Gasteiger partial charge in [-0.05, 0) is 51.4 Å².